The molecule has 1 aliphatic heterocycles. The Morgan fingerprint density at radius 2 is 2.19 bits per heavy atom. The first-order chi connectivity index (χ1) is 13.3. The van der Waals surface area contributed by atoms with Crippen molar-refractivity contribution in [1.82, 2.24) is 24.2 Å². The third-order valence-electron chi connectivity index (χ3n) is 4.33. The maximum absolute atomic E-state index is 5.41. The molecule has 142 valence electrons. The predicted octanol–water partition coefficient (Wildman–Crippen LogP) is 2.46. The fourth-order valence-corrected chi connectivity index (χ4v) is 3.48. The monoisotopic (exact) mass is 386 g/mol. The van der Waals surface area contributed by atoms with Gasteiger partial charge in [-0.15, -0.1) is 0 Å². The summed E-state index contributed by atoms with van der Waals surface area (Å²) < 4.78 is 16.9. The van der Waals surface area contributed by atoms with Crippen molar-refractivity contribution in [3.63, 3.8) is 0 Å². The van der Waals surface area contributed by atoms with E-state index in [0.29, 0.717) is 12.7 Å². The standard InChI is InChI=1S/C18H22N6O2S/c1-23(18-21-17(22-27-18)24-9-7-20-12-24)8-3-2-6-19-11-14-4-5-15-16(10-14)26-13-25-15/h4-5,7,9-10,12,19H,2-3,6,8,11,13H2,1H3. The van der Waals surface area contributed by atoms with E-state index < -0.39 is 0 Å². The molecule has 8 nitrogen and oxygen atoms in total. The fourth-order valence-electron chi connectivity index (χ4n) is 2.82. The molecule has 2 aromatic heterocycles. The molecule has 0 spiro atoms. The number of unbranched alkanes of at least 4 members (excludes halogenated alkanes) is 1. The molecule has 1 aromatic carbocycles. The van der Waals surface area contributed by atoms with Crippen molar-refractivity contribution in [2.24, 2.45) is 0 Å². The molecule has 9 heteroatoms. The van der Waals surface area contributed by atoms with Crippen molar-refractivity contribution >= 4 is 16.7 Å². The first kappa shape index (κ1) is 17.7. The number of nitrogens with one attached hydrogen (secondary N) is 1. The second-order valence-electron chi connectivity index (χ2n) is 6.34. The van der Waals surface area contributed by atoms with Crippen LogP contribution in [0.25, 0.3) is 5.95 Å². The number of rotatable bonds is 9. The van der Waals surface area contributed by atoms with Crippen LogP contribution in [0.5, 0.6) is 11.5 Å². The predicted molar refractivity (Wildman–Crippen MR) is 104 cm³/mol. The molecule has 0 amide bonds. The minimum absolute atomic E-state index is 0.318. The van der Waals surface area contributed by atoms with Crippen LogP contribution in [0.3, 0.4) is 0 Å². The van der Waals surface area contributed by atoms with Crippen molar-refractivity contribution in [1.29, 1.82) is 0 Å². The van der Waals surface area contributed by atoms with Gasteiger partial charge in [-0.05, 0) is 37.1 Å². The Bertz CT molecular complexity index is 867. The van der Waals surface area contributed by atoms with E-state index in [4.69, 9.17) is 9.47 Å². The average Bonchev–Trinajstić information content (AvgIpc) is 3.44. The maximum Gasteiger partial charge on any atom is 0.248 e. The van der Waals surface area contributed by atoms with E-state index in [9.17, 15) is 0 Å². The van der Waals surface area contributed by atoms with Gasteiger partial charge in [0.1, 0.15) is 6.33 Å². The number of benzene rings is 1. The van der Waals surface area contributed by atoms with Crippen LogP contribution in [-0.4, -0.2) is 45.8 Å². The average molecular weight is 386 g/mol. The number of ether oxygens (including phenoxy) is 2. The number of hydrogen-bond acceptors (Lipinski definition) is 8. The zero-order valence-corrected chi connectivity index (χ0v) is 16.0. The summed E-state index contributed by atoms with van der Waals surface area (Å²) in [5.41, 5.74) is 1.21. The lowest BCUT2D eigenvalue weighted by Gasteiger charge is -2.14. The van der Waals surface area contributed by atoms with Gasteiger partial charge in [-0.1, -0.05) is 6.07 Å². The van der Waals surface area contributed by atoms with Gasteiger partial charge in [-0.25, -0.2) is 4.98 Å². The number of fused-ring (bicyclic) bond motifs is 1. The Hall–Kier alpha value is -2.65. The molecule has 4 rings (SSSR count). The molecule has 27 heavy (non-hydrogen) atoms. The van der Waals surface area contributed by atoms with Crippen LogP contribution in [0.1, 0.15) is 18.4 Å². The van der Waals surface area contributed by atoms with E-state index in [2.05, 4.69) is 37.7 Å². The number of aromatic nitrogens is 4. The molecule has 0 fully saturated rings. The Morgan fingerprint density at radius 1 is 1.26 bits per heavy atom. The Balaban J connectivity index is 1.15. The lowest BCUT2D eigenvalue weighted by molar-refractivity contribution is 0.174. The smallest absolute Gasteiger partial charge is 0.248 e. The Labute approximate surface area is 161 Å². The number of hydrogen-bond donors (Lipinski definition) is 1. The molecule has 0 bridgehead atoms. The molecule has 3 heterocycles. The van der Waals surface area contributed by atoms with Gasteiger partial charge in [0.15, 0.2) is 11.5 Å². The van der Waals surface area contributed by atoms with E-state index in [1.54, 1.807) is 12.5 Å². The second-order valence-corrected chi connectivity index (χ2v) is 7.07. The minimum Gasteiger partial charge on any atom is -0.454 e. The summed E-state index contributed by atoms with van der Waals surface area (Å²) in [5, 5.41) is 4.40. The van der Waals surface area contributed by atoms with E-state index in [1.165, 1.54) is 17.1 Å². The quantitative estimate of drug-likeness (QED) is 0.566. The molecular weight excluding hydrogens is 364 g/mol. The number of nitrogens with zero attached hydrogens (tertiary/aromatic N) is 5. The molecule has 0 atom stereocenters. The zero-order valence-electron chi connectivity index (χ0n) is 15.2. The first-order valence-electron chi connectivity index (χ1n) is 8.92. The highest BCUT2D eigenvalue weighted by molar-refractivity contribution is 7.09. The summed E-state index contributed by atoms with van der Waals surface area (Å²) in [6.45, 7) is 3.07. The third kappa shape index (κ3) is 4.37. The van der Waals surface area contributed by atoms with Gasteiger partial charge in [0.2, 0.25) is 17.9 Å². The summed E-state index contributed by atoms with van der Waals surface area (Å²) in [6.07, 6.45) is 7.46. The Kier molecular flexibility index (Phi) is 5.50. The number of imidazole rings is 1. The van der Waals surface area contributed by atoms with Gasteiger partial charge in [-0.3, -0.25) is 4.57 Å². The SMILES string of the molecule is CN(CCCCNCc1ccc2c(c1)OCO2)c1nc(-n2ccnc2)ns1. The Morgan fingerprint density at radius 3 is 3.07 bits per heavy atom. The first-order valence-corrected chi connectivity index (χ1v) is 9.69. The van der Waals surface area contributed by atoms with Crippen LogP contribution in [0.2, 0.25) is 0 Å². The summed E-state index contributed by atoms with van der Waals surface area (Å²) >= 11 is 1.41. The second kappa shape index (κ2) is 8.36. The molecular formula is C18H22N6O2S. The van der Waals surface area contributed by atoms with Crippen LogP contribution < -0.4 is 19.7 Å². The zero-order chi connectivity index (χ0) is 18.5. The highest BCUT2D eigenvalue weighted by Crippen LogP contribution is 2.32. The van der Waals surface area contributed by atoms with Gasteiger partial charge in [-0.2, -0.15) is 9.36 Å². The van der Waals surface area contributed by atoms with Gasteiger partial charge >= 0.3 is 0 Å². The van der Waals surface area contributed by atoms with Crippen LogP contribution in [0.15, 0.2) is 36.9 Å². The highest BCUT2D eigenvalue weighted by Gasteiger charge is 2.13. The molecule has 0 unspecified atom stereocenters. The highest BCUT2D eigenvalue weighted by atomic mass is 32.1. The summed E-state index contributed by atoms with van der Waals surface area (Å²) in [6, 6.07) is 6.08. The topological polar surface area (TPSA) is 77.3 Å². The van der Waals surface area contributed by atoms with Crippen molar-refractivity contribution in [2.45, 2.75) is 19.4 Å². The van der Waals surface area contributed by atoms with E-state index >= 15 is 0 Å². The molecule has 0 saturated carbocycles. The third-order valence-corrected chi connectivity index (χ3v) is 5.15. The van der Waals surface area contributed by atoms with Gasteiger partial charge in [0.05, 0.1) is 0 Å². The fraction of sp³-hybridized carbons (Fsp3) is 0.389. The van der Waals surface area contributed by atoms with Crippen LogP contribution in [0.4, 0.5) is 5.13 Å². The van der Waals surface area contributed by atoms with Gasteiger partial charge < -0.3 is 19.7 Å². The minimum atomic E-state index is 0.318. The summed E-state index contributed by atoms with van der Waals surface area (Å²) in [4.78, 5) is 10.7. The van der Waals surface area contributed by atoms with Crippen molar-refractivity contribution in [3.05, 3.63) is 42.5 Å². The summed E-state index contributed by atoms with van der Waals surface area (Å²) in [7, 11) is 2.05. The summed E-state index contributed by atoms with van der Waals surface area (Å²) in [5.74, 6) is 2.34. The molecule has 1 N–H and O–H groups in total. The van der Waals surface area contributed by atoms with Crippen LogP contribution >= 0.6 is 11.5 Å². The van der Waals surface area contributed by atoms with Crippen molar-refractivity contribution in [2.75, 3.05) is 31.8 Å². The molecule has 0 aliphatic carbocycles. The molecule has 0 radical (unpaired) electrons. The normalized spacial score (nSPS) is 12.5. The van der Waals surface area contributed by atoms with Crippen LogP contribution in [-0.2, 0) is 6.54 Å². The largest absolute Gasteiger partial charge is 0.454 e. The molecule has 1 aliphatic rings. The molecule has 0 saturated heterocycles. The van der Waals surface area contributed by atoms with Crippen molar-refractivity contribution in [3.8, 4) is 17.4 Å². The lowest BCUT2D eigenvalue weighted by atomic mass is 10.2. The van der Waals surface area contributed by atoms with E-state index in [1.807, 2.05) is 22.9 Å². The van der Waals surface area contributed by atoms with E-state index in [-0.39, 0.29) is 0 Å². The molecule has 3 aromatic rings. The lowest BCUT2D eigenvalue weighted by Crippen LogP contribution is -2.20. The maximum atomic E-state index is 5.41. The van der Waals surface area contributed by atoms with Crippen molar-refractivity contribution < 1.29 is 9.47 Å². The number of anilines is 1. The van der Waals surface area contributed by atoms with Crippen LogP contribution in [0, 0.1) is 0 Å². The van der Waals surface area contributed by atoms with Gasteiger partial charge in [0.25, 0.3) is 0 Å². The van der Waals surface area contributed by atoms with Gasteiger partial charge in [0, 0.05) is 44.1 Å². The van der Waals surface area contributed by atoms with E-state index in [0.717, 1.165) is 49.1 Å².